The molecule has 0 atom stereocenters. The third-order valence-electron chi connectivity index (χ3n) is 3.14. The molecule has 0 heterocycles. The number of ether oxygens (including phenoxy) is 3. The molecular formula is C17H14Cl2O5. The zero-order valence-corrected chi connectivity index (χ0v) is 14.5. The van der Waals surface area contributed by atoms with Gasteiger partial charge in [0.1, 0.15) is 0 Å². The lowest BCUT2D eigenvalue weighted by atomic mass is 10.1. The van der Waals surface area contributed by atoms with E-state index in [0.717, 1.165) is 0 Å². The number of ketones is 1. The molecule has 0 fully saturated rings. The summed E-state index contributed by atoms with van der Waals surface area (Å²) in [4.78, 5) is 24.1. The van der Waals surface area contributed by atoms with Gasteiger partial charge in [0, 0.05) is 15.6 Å². The van der Waals surface area contributed by atoms with Crippen molar-refractivity contribution in [2.24, 2.45) is 0 Å². The molecule has 2 rings (SSSR count). The summed E-state index contributed by atoms with van der Waals surface area (Å²) in [6, 6.07) is 9.01. The number of hydrogen-bond donors (Lipinski definition) is 0. The monoisotopic (exact) mass is 368 g/mol. The summed E-state index contributed by atoms with van der Waals surface area (Å²) in [5, 5.41) is 0.612. The van der Waals surface area contributed by atoms with Crippen molar-refractivity contribution < 1.29 is 23.8 Å². The first-order valence-electron chi connectivity index (χ1n) is 6.83. The van der Waals surface area contributed by atoms with E-state index in [1.54, 1.807) is 12.1 Å². The quantitative estimate of drug-likeness (QED) is 0.568. The van der Waals surface area contributed by atoms with Crippen molar-refractivity contribution in [3.05, 3.63) is 57.6 Å². The molecule has 0 bridgehead atoms. The van der Waals surface area contributed by atoms with Crippen LogP contribution in [0.1, 0.15) is 20.7 Å². The van der Waals surface area contributed by atoms with Gasteiger partial charge in [0.15, 0.2) is 23.9 Å². The van der Waals surface area contributed by atoms with Crippen molar-refractivity contribution in [1.29, 1.82) is 0 Å². The summed E-state index contributed by atoms with van der Waals surface area (Å²) in [5.41, 5.74) is 0.511. The number of Topliss-reactive ketones (excluding diaryl/α,β-unsaturated/α-hetero) is 1. The van der Waals surface area contributed by atoms with E-state index in [-0.39, 0.29) is 11.3 Å². The van der Waals surface area contributed by atoms with E-state index in [0.29, 0.717) is 27.1 Å². The molecule has 0 amide bonds. The van der Waals surface area contributed by atoms with Gasteiger partial charge in [-0.05, 0) is 36.4 Å². The van der Waals surface area contributed by atoms with Gasteiger partial charge < -0.3 is 14.2 Å². The highest BCUT2D eigenvalue weighted by atomic mass is 35.5. The number of methoxy groups -OCH3 is 2. The Kier molecular flexibility index (Phi) is 6.06. The standard InChI is InChI=1S/C17H14Cl2O5/c1-22-15-4-3-10(7-16(15)23-2)14(20)9-24-17(21)11-5-12(18)8-13(19)6-11/h3-8H,9H2,1-2H3. The van der Waals surface area contributed by atoms with Gasteiger partial charge in [0.05, 0.1) is 19.8 Å². The second-order valence-corrected chi connectivity index (χ2v) is 5.60. The summed E-state index contributed by atoms with van der Waals surface area (Å²) in [6.45, 7) is -0.418. The minimum atomic E-state index is -0.687. The zero-order chi connectivity index (χ0) is 17.7. The van der Waals surface area contributed by atoms with E-state index in [1.807, 2.05) is 0 Å². The minimum Gasteiger partial charge on any atom is -0.493 e. The fourth-order valence-corrected chi connectivity index (χ4v) is 2.51. The highest BCUT2D eigenvalue weighted by molar-refractivity contribution is 6.35. The van der Waals surface area contributed by atoms with E-state index in [9.17, 15) is 9.59 Å². The molecule has 0 spiro atoms. The molecule has 0 saturated carbocycles. The molecule has 0 aromatic heterocycles. The van der Waals surface area contributed by atoms with Crippen molar-refractivity contribution in [2.45, 2.75) is 0 Å². The number of carbonyl (C=O) groups excluding carboxylic acids is 2. The molecule has 0 N–H and O–H groups in total. The molecule has 0 aliphatic heterocycles. The summed E-state index contributed by atoms with van der Waals surface area (Å²) < 4.78 is 15.2. The average molecular weight is 369 g/mol. The van der Waals surface area contributed by atoms with Gasteiger partial charge in [-0.1, -0.05) is 23.2 Å². The first-order valence-corrected chi connectivity index (χ1v) is 7.58. The highest BCUT2D eigenvalue weighted by Crippen LogP contribution is 2.27. The summed E-state index contributed by atoms with van der Waals surface area (Å²) in [5.74, 6) is -0.151. The Bertz CT molecular complexity index is 753. The topological polar surface area (TPSA) is 61.8 Å². The van der Waals surface area contributed by atoms with Crippen molar-refractivity contribution in [3.63, 3.8) is 0 Å². The first-order chi connectivity index (χ1) is 11.4. The van der Waals surface area contributed by atoms with Crippen LogP contribution in [0.3, 0.4) is 0 Å². The molecule has 0 unspecified atom stereocenters. The lowest BCUT2D eigenvalue weighted by Gasteiger charge is -2.09. The van der Waals surface area contributed by atoms with Gasteiger partial charge in [0.2, 0.25) is 0 Å². The van der Waals surface area contributed by atoms with Gasteiger partial charge in [-0.15, -0.1) is 0 Å². The molecule has 0 aliphatic rings. The van der Waals surface area contributed by atoms with Gasteiger partial charge in [-0.25, -0.2) is 4.79 Å². The second kappa shape index (κ2) is 8.04. The van der Waals surface area contributed by atoms with Crippen LogP contribution in [0.2, 0.25) is 10.0 Å². The third kappa shape index (κ3) is 4.40. The predicted molar refractivity (Wildman–Crippen MR) is 90.6 cm³/mol. The smallest absolute Gasteiger partial charge is 0.338 e. The van der Waals surface area contributed by atoms with E-state index < -0.39 is 12.6 Å². The molecule has 2 aromatic rings. The minimum absolute atomic E-state index is 0.174. The van der Waals surface area contributed by atoms with E-state index >= 15 is 0 Å². The number of benzene rings is 2. The Hall–Kier alpha value is -2.24. The van der Waals surface area contributed by atoms with Crippen molar-refractivity contribution in [2.75, 3.05) is 20.8 Å². The van der Waals surface area contributed by atoms with Crippen LogP contribution in [0.15, 0.2) is 36.4 Å². The fourth-order valence-electron chi connectivity index (χ4n) is 1.98. The molecule has 0 aliphatic carbocycles. The van der Waals surface area contributed by atoms with Crippen LogP contribution >= 0.6 is 23.2 Å². The Labute approximate surface area is 149 Å². The van der Waals surface area contributed by atoms with E-state index in [1.165, 1.54) is 38.5 Å². The number of carbonyl (C=O) groups is 2. The first kappa shape index (κ1) is 18.1. The van der Waals surface area contributed by atoms with Crippen LogP contribution < -0.4 is 9.47 Å². The molecule has 7 heteroatoms. The number of esters is 1. The van der Waals surface area contributed by atoms with E-state index in [2.05, 4.69) is 0 Å². The van der Waals surface area contributed by atoms with Crippen molar-refractivity contribution >= 4 is 35.0 Å². The molecule has 5 nitrogen and oxygen atoms in total. The van der Waals surface area contributed by atoms with Crippen molar-refractivity contribution in [1.82, 2.24) is 0 Å². The Morgan fingerprint density at radius 2 is 1.50 bits per heavy atom. The third-order valence-corrected chi connectivity index (χ3v) is 3.57. The molecule has 24 heavy (non-hydrogen) atoms. The maximum Gasteiger partial charge on any atom is 0.338 e. The SMILES string of the molecule is COc1ccc(C(=O)COC(=O)c2cc(Cl)cc(Cl)c2)cc1OC. The molecule has 126 valence electrons. The molecular weight excluding hydrogens is 355 g/mol. The fraction of sp³-hybridized carbons (Fsp3) is 0.176. The molecule has 0 saturated heterocycles. The van der Waals surface area contributed by atoms with Crippen LogP contribution in [0.5, 0.6) is 11.5 Å². The Morgan fingerprint density at radius 3 is 2.08 bits per heavy atom. The zero-order valence-electron chi connectivity index (χ0n) is 13.0. The Morgan fingerprint density at radius 1 is 0.875 bits per heavy atom. The lowest BCUT2D eigenvalue weighted by molar-refractivity contribution is 0.0474. The largest absolute Gasteiger partial charge is 0.493 e. The Balaban J connectivity index is 2.06. The molecule has 0 radical (unpaired) electrons. The second-order valence-electron chi connectivity index (χ2n) is 4.73. The number of rotatable bonds is 6. The number of hydrogen-bond acceptors (Lipinski definition) is 5. The van der Waals surface area contributed by atoms with Crippen LogP contribution in [0.4, 0.5) is 0 Å². The lowest BCUT2D eigenvalue weighted by Crippen LogP contribution is -2.14. The maximum atomic E-state index is 12.2. The van der Waals surface area contributed by atoms with Crippen LogP contribution in [-0.4, -0.2) is 32.6 Å². The van der Waals surface area contributed by atoms with Gasteiger partial charge in [0.25, 0.3) is 0 Å². The summed E-state index contributed by atoms with van der Waals surface area (Å²) >= 11 is 11.7. The van der Waals surface area contributed by atoms with E-state index in [4.69, 9.17) is 37.4 Å². The highest BCUT2D eigenvalue weighted by Gasteiger charge is 2.15. The number of halogens is 2. The predicted octanol–water partition coefficient (Wildman–Crippen LogP) is 4.05. The van der Waals surface area contributed by atoms with Crippen LogP contribution in [0.25, 0.3) is 0 Å². The van der Waals surface area contributed by atoms with Gasteiger partial charge in [-0.3, -0.25) is 4.79 Å². The van der Waals surface area contributed by atoms with Gasteiger partial charge in [-0.2, -0.15) is 0 Å². The van der Waals surface area contributed by atoms with Crippen LogP contribution in [0, 0.1) is 0 Å². The molecule has 2 aromatic carbocycles. The van der Waals surface area contributed by atoms with Crippen molar-refractivity contribution in [3.8, 4) is 11.5 Å². The summed E-state index contributed by atoms with van der Waals surface area (Å²) in [6.07, 6.45) is 0. The maximum absolute atomic E-state index is 12.2. The van der Waals surface area contributed by atoms with Gasteiger partial charge >= 0.3 is 5.97 Å². The van der Waals surface area contributed by atoms with Crippen LogP contribution in [-0.2, 0) is 4.74 Å². The summed E-state index contributed by atoms with van der Waals surface area (Å²) in [7, 11) is 2.96. The average Bonchev–Trinajstić information content (AvgIpc) is 2.57. The normalized spacial score (nSPS) is 10.2.